The number of sulfonamides is 1. The zero-order valence-electron chi connectivity index (χ0n) is 10.3. The summed E-state index contributed by atoms with van der Waals surface area (Å²) in [6, 6.07) is 3.13. The van der Waals surface area contributed by atoms with Crippen molar-refractivity contribution in [3.05, 3.63) is 35.4 Å². The van der Waals surface area contributed by atoms with Gasteiger partial charge in [0.15, 0.2) is 4.75 Å². The van der Waals surface area contributed by atoms with Crippen molar-refractivity contribution in [3.63, 3.8) is 0 Å². The first-order valence-electron chi connectivity index (χ1n) is 5.77. The van der Waals surface area contributed by atoms with Crippen LogP contribution in [0.15, 0.2) is 18.2 Å². The number of carbonyl (C=O) groups is 1. The number of rotatable bonds is 4. The van der Waals surface area contributed by atoms with Gasteiger partial charge in [-0.25, -0.2) is 17.2 Å². The maximum Gasteiger partial charge on any atom is 0.252 e. The van der Waals surface area contributed by atoms with Gasteiger partial charge < -0.3 is 0 Å². The number of terminal acetylenes is 1. The molecule has 1 fully saturated rings. The third-order valence-corrected chi connectivity index (χ3v) is 5.18. The fourth-order valence-electron chi connectivity index (χ4n) is 1.75. The van der Waals surface area contributed by atoms with E-state index in [1.165, 1.54) is 0 Å². The Kier molecular flexibility index (Phi) is 3.52. The first-order valence-corrected chi connectivity index (χ1v) is 7.25. The molecular formula is C13H11F2NO3S. The van der Waals surface area contributed by atoms with Gasteiger partial charge in [0, 0.05) is 5.56 Å². The zero-order chi connectivity index (χ0) is 15.0. The van der Waals surface area contributed by atoms with E-state index in [1.54, 1.807) is 4.72 Å². The van der Waals surface area contributed by atoms with Crippen molar-refractivity contribution in [3.8, 4) is 12.3 Å². The van der Waals surface area contributed by atoms with Gasteiger partial charge in [-0.05, 0) is 25.0 Å². The molecular weight excluding hydrogens is 288 g/mol. The lowest BCUT2D eigenvalue weighted by atomic mass is 10.1. The Morgan fingerprint density at radius 3 is 2.35 bits per heavy atom. The third-order valence-electron chi connectivity index (χ3n) is 3.13. The molecule has 20 heavy (non-hydrogen) atoms. The van der Waals surface area contributed by atoms with Crippen LogP contribution in [-0.2, 0) is 21.2 Å². The van der Waals surface area contributed by atoms with Gasteiger partial charge in [-0.15, -0.1) is 6.42 Å². The topological polar surface area (TPSA) is 63.2 Å². The summed E-state index contributed by atoms with van der Waals surface area (Å²) >= 11 is 0. The van der Waals surface area contributed by atoms with Crippen LogP contribution in [0.2, 0.25) is 0 Å². The summed E-state index contributed by atoms with van der Waals surface area (Å²) in [7, 11) is -4.02. The van der Waals surface area contributed by atoms with E-state index in [4.69, 9.17) is 6.42 Å². The minimum atomic E-state index is -4.02. The van der Waals surface area contributed by atoms with Crippen molar-refractivity contribution >= 4 is 15.9 Å². The van der Waals surface area contributed by atoms with E-state index in [-0.39, 0.29) is 12.8 Å². The molecule has 1 aliphatic carbocycles. The molecule has 4 nitrogen and oxygen atoms in total. The van der Waals surface area contributed by atoms with Crippen LogP contribution < -0.4 is 4.72 Å². The first kappa shape index (κ1) is 14.5. The first-order chi connectivity index (χ1) is 9.31. The summed E-state index contributed by atoms with van der Waals surface area (Å²) < 4.78 is 50.8. The van der Waals surface area contributed by atoms with Gasteiger partial charge in [0.1, 0.15) is 11.6 Å². The predicted molar refractivity (Wildman–Crippen MR) is 67.9 cm³/mol. The molecule has 1 saturated carbocycles. The van der Waals surface area contributed by atoms with E-state index in [2.05, 4.69) is 5.92 Å². The molecule has 0 aromatic heterocycles. The highest BCUT2D eigenvalue weighted by atomic mass is 32.2. The molecule has 0 aliphatic heterocycles. The van der Waals surface area contributed by atoms with Crippen LogP contribution in [0.5, 0.6) is 0 Å². The number of benzene rings is 1. The van der Waals surface area contributed by atoms with Crippen molar-refractivity contribution in [1.29, 1.82) is 0 Å². The van der Waals surface area contributed by atoms with Crippen molar-refractivity contribution in [2.45, 2.75) is 24.0 Å². The van der Waals surface area contributed by atoms with Gasteiger partial charge >= 0.3 is 0 Å². The number of hydrogen-bond acceptors (Lipinski definition) is 3. The lowest BCUT2D eigenvalue weighted by Gasteiger charge is -2.11. The molecule has 1 N–H and O–H groups in total. The molecule has 1 aromatic carbocycles. The van der Waals surface area contributed by atoms with Crippen LogP contribution in [0.1, 0.15) is 18.4 Å². The van der Waals surface area contributed by atoms with E-state index in [9.17, 15) is 22.0 Å². The highest BCUT2D eigenvalue weighted by Gasteiger charge is 2.54. The van der Waals surface area contributed by atoms with Crippen LogP contribution in [0.3, 0.4) is 0 Å². The Morgan fingerprint density at radius 1 is 1.35 bits per heavy atom. The molecule has 106 valence electrons. The van der Waals surface area contributed by atoms with Gasteiger partial charge in [0.05, 0.1) is 6.42 Å². The highest BCUT2D eigenvalue weighted by Crippen LogP contribution is 2.42. The fourth-order valence-corrected chi connectivity index (χ4v) is 3.11. The van der Waals surface area contributed by atoms with Crippen LogP contribution in [0, 0.1) is 24.0 Å². The second kappa shape index (κ2) is 4.87. The minimum absolute atomic E-state index is 0.264. The molecule has 1 aliphatic rings. The Hall–Kier alpha value is -1.94. The third kappa shape index (κ3) is 2.51. The fraction of sp³-hybridized carbons (Fsp3) is 0.308. The summed E-state index contributed by atoms with van der Waals surface area (Å²) in [5.41, 5.74) is -0.481. The monoisotopic (exact) mass is 299 g/mol. The van der Waals surface area contributed by atoms with Crippen molar-refractivity contribution in [1.82, 2.24) is 4.72 Å². The molecule has 1 amide bonds. The average molecular weight is 299 g/mol. The van der Waals surface area contributed by atoms with Crippen LogP contribution >= 0.6 is 0 Å². The summed E-state index contributed by atoms with van der Waals surface area (Å²) in [6.07, 6.45) is 4.95. The van der Waals surface area contributed by atoms with E-state index >= 15 is 0 Å². The standard InChI is InChI=1S/C13H11F2NO3S/c1-2-13(6-7-13)20(18,19)16-12(17)8-9-10(14)4-3-5-11(9)15/h1,3-5H,6-8H2,(H,16,17). The lowest BCUT2D eigenvalue weighted by molar-refractivity contribution is -0.118. The number of hydrogen-bond donors (Lipinski definition) is 1. The molecule has 2 rings (SSSR count). The Labute approximate surface area is 115 Å². The van der Waals surface area contributed by atoms with Crippen LogP contribution in [0.4, 0.5) is 8.78 Å². The molecule has 0 radical (unpaired) electrons. The van der Waals surface area contributed by atoms with Gasteiger partial charge in [-0.3, -0.25) is 9.52 Å². The molecule has 0 unspecified atom stereocenters. The molecule has 0 spiro atoms. The summed E-state index contributed by atoms with van der Waals surface area (Å²) in [5, 5.41) is 0. The van der Waals surface area contributed by atoms with E-state index < -0.39 is 44.3 Å². The molecule has 0 heterocycles. The second-order valence-electron chi connectivity index (χ2n) is 4.54. The maximum absolute atomic E-state index is 13.4. The van der Waals surface area contributed by atoms with Crippen LogP contribution in [0.25, 0.3) is 0 Å². The summed E-state index contributed by atoms with van der Waals surface area (Å²) in [6.45, 7) is 0. The Balaban J connectivity index is 2.13. The number of amides is 1. The van der Waals surface area contributed by atoms with Crippen molar-refractivity contribution < 1.29 is 22.0 Å². The molecule has 0 bridgehead atoms. The largest absolute Gasteiger partial charge is 0.274 e. The van der Waals surface area contributed by atoms with E-state index in [1.807, 2.05) is 0 Å². The Morgan fingerprint density at radius 2 is 1.90 bits per heavy atom. The highest BCUT2D eigenvalue weighted by molar-refractivity contribution is 7.92. The lowest BCUT2D eigenvalue weighted by Crippen LogP contribution is -2.40. The smallest absolute Gasteiger partial charge is 0.252 e. The quantitative estimate of drug-likeness (QED) is 0.847. The van der Waals surface area contributed by atoms with Crippen LogP contribution in [-0.4, -0.2) is 19.1 Å². The Bertz CT molecular complexity index is 683. The maximum atomic E-state index is 13.4. The second-order valence-corrected chi connectivity index (χ2v) is 6.54. The normalized spacial score (nSPS) is 16.2. The zero-order valence-corrected chi connectivity index (χ0v) is 11.1. The summed E-state index contributed by atoms with van der Waals surface area (Å²) in [4.78, 5) is 11.6. The SMILES string of the molecule is C#CC1(S(=O)(=O)NC(=O)Cc2c(F)cccc2F)CC1. The van der Waals surface area contributed by atoms with E-state index in [0.717, 1.165) is 18.2 Å². The van der Waals surface area contributed by atoms with Crippen molar-refractivity contribution in [2.24, 2.45) is 0 Å². The van der Waals surface area contributed by atoms with Gasteiger partial charge in [0.2, 0.25) is 5.91 Å². The molecule has 0 saturated heterocycles. The van der Waals surface area contributed by atoms with Gasteiger partial charge in [0.25, 0.3) is 10.0 Å². The molecule has 0 atom stereocenters. The predicted octanol–water partition coefficient (Wildman–Crippen LogP) is 1.12. The van der Waals surface area contributed by atoms with Gasteiger partial charge in [-0.2, -0.15) is 0 Å². The minimum Gasteiger partial charge on any atom is -0.274 e. The number of carbonyl (C=O) groups excluding carboxylic acids is 1. The van der Waals surface area contributed by atoms with Crippen molar-refractivity contribution in [2.75, 3.05) is 0 Å². The van der Waals surface area contributed by atoms with E-state index in [0.29, 0.717) is 0 Å². The number of nitrogens with one attached hydrogen (secondary N) is 1. The molecule has 1 aromatic rings. The summed E-state index contributed by atoms with van der Waals surface area (Å²) in [5.74, 6) is -0.698. The molecule has 7 heteroatoms. The number of halogens is 2. The van der Waals surface area contributed by atoms with Gasteiger partial charge in [-0.1, -0.05) is 12.0 Å². The average Bonchev–Trinajstić information content (AvgIpc) is 3.15.